The van der Waals surface area contributed by atoms with E-state index in [4.69, 9.17) is 10.5 Å². The van der Waals surface area contributed by atoms with Gasteiger partial charge in [-0.1, -0.05) is 0 Å². The van der Waals surface area contributed by atoms with Crippen molar-refractivity contribution in [3.63, 3.8) is 0 Å². The fourth-order valence-corrected chi connectivity index (χ4v) is 2.13. The summed E-state index contributed by atoms with van der Waals surface area (Å²) in [6.07, 6.45) is 2.62. The molecule has 3 N–H and O–H groups in total. The van der Waals surface area contributed by atoms with Crippen LogP contribution in [-0.2, 0) is 4.74 Å². The zero-order valence-corrected chi connectivity index (χ0v) is 12.2. The third-order valence-corrected chi connectivity index (χ3v) is 3.51. The van der Waals surface area contributed by atoms with E-state index < -0.39 is 0 Å². The molecule has 1 aliphatic rings. The second-order valence-corrected chi connectivity index (χ2v) is 5.16. The molecular weight excluding hydrogens is 254 g/mol. The number of nitrogen functional groups attached to an aromatic ring is 1. The van der Waals surface area contributed by atoms with Crippen LogP contribution < -0.4 is 11.1 Å². The summed E-state index contributed by atoms with van der Waals surface area (Å²) in [6.45, 7) is 3.97. The molecule has 20 heavy (non-hydrogen) atoms. The molecule has 0 spiro atoms. The van der Waals surface area contributed by atoms with Crippen LogP contribution in [0.4, 0.5) is 11.4 Å². The van der Waals surface area contributed by atoms with E-state index in [0.717, 1.165) is 24.8 Å². The number of nitrogens with two attached hydrogens (primary N) is 1. The van der Waals surface area contributed by atoms with Crippen LogP contribution >= 0.6 is 0 Å². The van der Waals surface area contributed by atoms with E-state index in [1.165, 1.54) is 12.8 Å². The van der Waals surface area contributed by atoms with Crippen molar-refractivity contribution in [3.8, 4) is 0 Å². The second-order valence-electron chi connectivity index (χ2n) is 5.16. The maximum absolute atomic E-state index is 11.8. The Morgan fingerprint density at radius 3 is 2.90 bits per heavy atom. The third kappa shape index (κ3) is 3.87. The summed E-state index contributed by atoms with van der Waals surface area (Å²) >= 11 is 0. The molecule has 5 nitrogen and oxygen atoms in total. The van der Waals surface area contributed by atoms with E-state index >= 15 is 0 Å². The zero-order valence-electron chi connectivity index (χ0n) is 12.2. The fourth-order valence-electron chi connectivity index (χ4n) is 2.13. The molecule has 0 aromatic heterocycles. The molecule has 2 rings (SSSR count). The Balaban J connectivity index is 1.90. The first-order chi connectivity index (χ1) is 9.61. The average molecular weight is 277 g/mol. The molecule has 1 aromatic carbocycles. The van der Waals surface area contributed by atoms with Gasteiger partial charge in [0, 0.05) is 30.5 Å². The van der Waals surface area contributed by atoms with E-state index in [1.807, 2.05) is 6.07 Å². The Hall–Kier alpha value is -1.75. The zero-order chi connectivity index (χ0) is 14.5. The first-order valence-corrected chi connectivity index (χ1v) is 7.12. The van der Waals surface area contributed by atoms with Crippen molar-refractivity contribution in [2.75, 3.05) is 37.8 Å². The molecule has 1 aliphatic carbocycles. The van der Waals surface area contributed by atoms with Crippen LogP contribution in [0.2, 0.25) is 0 Å². The Morgan fingerprint density at radius 2 is 2.25 bits per heavy atom. The minimum Gasteiger partial charge on any atom is -0.462 e. The minimum absolute atomic E-state index is 0.349. The number of hydrogen-bond acceptors (Lipinski definition) is 5. The van der Waals surface area contributed by atoms with E-state index in [1.54, 1.807) is 19.1 Å². The molecule has 1 fully saturated rings. The van der Waals surface area contributed by atoms with Gasteiger partial charge >= 0.3 is 5.97 Å². The van der Waals surface area contributed by atoms with Gasteiger partial charge in [-0.15, -0.1) is 0 Å². The Labute approximate surface area is 120 Å². The number of anilines is 2. The van der Waals surface area contributed by atoms with Crippen LogP contribution in [0.15, 0.2) is 18.2 Å². The molecule has 1 aromatic rings. The summed E-state index contributed by atoms with van der Waals surface area (Å²) in [4.78, 5) is 14.1. The van der Waals surface area contributed by atoms with Crippen molar-refractivity contribution in [1.29, 1.82) is 0 Å². The van der Waals surface area contributed by atoms with Crippen molar-refractivity contribution < 1.29 is 9.53 Å². The highest BCUT2D eigenvalue weighted by Gasteiger charge is 2.25. The largest absolute Gasteiger partial charge is 0.462 e. The van der Waals surface area contributed by atoms with Crippen LogP contribution in [-0.4, -0.2) is 43.7 Å². The highest BCUT2D eigenvalue weighted by Crippen LogP contribution is 2.25. The number of nitrogens with one attached hydrogen (secondary N) is 1. The standard InChI is InChI=1S/C15H23N3O2/c1-3-20-15(19)13-10-11(4-7-14(13)16)17-8-9-18(2)12-5-6-12/h4,7,10,12,17H,3,5-6,8-9,16H2,1-2H3. The Kier molecular flexibility index (Phi) is 4.84. The molecule has 0 atom stereocenters. The summed E-state index contributed by atoms with van der Waals surface area (Å²) in [5, 5.41) is 3.32. The lowest BCUT2D eigenvalue weighted by Gasteiger charge is -2.16. The van der Waals surface area contributed by atoms with Crippen LogP contribution in [0.25, 0.3) is 0 Å². The number of carbonyl (C=O) groups excluding carboxylic acids is 1. The number of hydrogen-bond donors (Lipinski definition) is 2. The molecule has 0 radical (unpaired) electrons. The van der Waals surface area contributed by atoms with Gasteiger partial charge in [-0.05, 0) is 45.0 Å². The predicted molar refractivity (Wildman–Crippen MR) is 81.0 cm³/mol. The monoisotopic (exact) mass is 277 g/mol. The number of esters is 1. The maximum atomic E-state index is 11.8. The van der Waals surface area contributed by atoms with Crippen molar-refractivity contribution in [2.24, 2.45) is 0 Å². The summed E-state index contributed by atoms with van der Waals surface area (Å²) in [6, 6.07) is 6.14. The normalized spacial score (nSPS) is 14.3. The van der Waals surface area contributed by atoms with Crippen molar-refractivity contribution in [3.05, 3.63) is 23.8 Å². The topological polar surface area (TPSA) is 67.6 Å². The summed E-state index contributed by atoms with van der Waals surface area (Å²) in [5.74, 6) is -0.372. The Bertz CT molecular complexity index is 472. The molecule has 0 bridgehead atoms. The molecule has 0 heterocycles. The molecule has 1 saturated carbocycles. The number of benzene rings is 1. The van der Waals surface area contributed by atoms with Crippen molar-refractivity contribution in [1.82, 2.24) is 4.90 Å². The summed E-state index contributed by atoms with van der Waals surface area (Å²) in [7, 11) is 2.15. The van der Waals surface area contributed by atoms with Crippen LogP contribution in [0.5, 0.6) is 0 Å². The van der Waals surface area contributed by atoms with Gasteiger partial charge in [-0.3, -0.25) is 0 Å². The smallest absolute Gasteiger partial charge is 0.340 e. The van der Waals surface area contributed by atoms with Crippen molar-refractivity contribution in [2.45, 2.75) is 25.8 Å². The molecule has 0 unspecified atom stereocenters. The lowest BCUT2D eigenvalue weighted by molar-refractivity contribution is 0.0527. The van der Waals surface area contributed by atoms with Gasteiger partial charge in [0.2, 0.25) is 0 Å². The van der Waals surface area contributed by atoms with E-state index in [2.05, 4.69) is 17.3 Å². The van der Waals surface area contributed by atoms with Gasteiger partial charge in [-0.25, -0.2) is 4.79 Å². The highest BCUT2D eigenvalue weighted by molar-refractivity contribution is 5.96. The number of likely N-dealkylation sites (N-methyl/N-ethyl adjacent to an activating group) is 1. The Morgan fingerprint density at radius 1 is 1.50 bits per heavy atom. The van der Waals surface area contributed by atoms with Gasteiger partial charge in [-0.2, -0.15) is 0 Å². The number of ether oxygens (including phenoxy) is 1. The van der Waals surface area contributed by atoms with Crippen LogP contribution in [0.1, 0.15) is 30.1 Å². The van der Waals surface area contributed by atoms with Crippen molar-refractivity contribution >= 4 is 17.3 Å². The lowest BCUT2D eigenvalue weighted by atomic mass is 10.1. The second kappa shape index (κ2) is 6.61. The third-order valence-electron chi connectivity index (χ3n) is 3.51. The first-order valence-electron chi connectivity index (χ1n) is 7.12. The summed E-state index contributed by atoms with van der Waals surface area (Å²) < 4.78 is 4.99. The summed E-state index contributed by atoms with van der Waals surface area (Å²) in [5.41, 5.74) is 7.58. The number of nitrogens with zero attached hydrogens (tertiary/aromatic N) is 1. The van der Waals surface area contributed by atoms with Crippen LogP contribution in [0, 0.1) is 0 Å². The quantitative estimate of drug-likeness (QED) is 0.589. The highest BCUT2D eigenvalue weighted by atomic mass is 16.5. The molecule has 0 amide bonds. The minimum atomic E-state index is -0.372. The lowest BCUT2D eigenvalue weighted by Crippen LogP contribution is -2.27. The number of carbonyl (C=O) groups is 1. The van der Waals surface area contributed by atoms with Gasteiger partial charge in [0.05, 0.1) is 12.2 Å². The average Bonchev–Trinajstić information content (AvgIpc) is 3.25. The van der Waals surface area contributed by atoms with E-state index in [-0.39, 0.29) is 5.97 Å². The van der Waals surface area contributed by atoms with E-state index in [0.29, 0.717) is 17.9 Å². The van der Waals surface area contributed by atoms with Crippen LogP contribution in [0.3, 0.4) is 0 Å². The molecule has 0 saturated heterocycles. The van der Waals surface area contributed by atoms with E-state index in [9.17, 15) is 4.79 Å². The SMILES string of the molecule is CCOC(=O)c1cc(NCCN(C)C2CC2)ccc1N. The first kappa shape index (κ1) is 14.7. The molecule has 110 valence electrons. The fraction of sp³-hybridized carbons (Fsp3) is 0.533. The molecule has 0 aliphatic heterocycles. The van der Waals surface area contributed by atoms with Gasteiger partial charge < -0.3 is 20.7 Å². The molecular formula is C15H23N3O2. The van der Waals surface area contributed by atoms with Gasteiger partial charge in [0.15, 0.2) is 0 Å². The van der Waals surface area contributed by atoms with Gasteiger partial charge in [0.25, 0.3) is 0 Å². The number of rotatable bonds is 7. The maximum Gasteiger partial charge on any atom is 0.340 e. The predicted octanol–water partition coefficient (Wildman–Crippen LogP) is 1.95. The molecule has 5 heteroatoms. The van der Waals surface area contributed by atoms with Gasteiger partial charge in [0.1, 0.15) is 0 Å².